The summed E-state index contributed by atoms with van der Waals surface area (Å²) in [7, 11) is -3.29. The molecule has 128 valence electrons. The maximum absolute atomic E-state index is 11.8. The van der Waals surface area contributed by atoms with E-state index in [1.54, 1.807) is 18.2 Å². The van der Waals surface area contributed by atoms with Crippen molar-refractivity contribution in [1.29, 1.82) is 0 Å². The summed E-state index contributed by atoms with van der Waals surface area (Å²) in [6.07, 6.45) is 4.82. The minimum Gasteiger partial charge on any atom is -0.370 e. The lowest BCUT2D eigenvalue weighted by atomic mass is 9.93. The number of piperidine rings is 1. The highest BCUT2D eigenvalue weighted by Crippen LogP contribution is 2.29. The summed E-state index contributed by atoms with van der Waals surface area (Å²) in [4.78, 5) is 22.0. The molecule has 1 aliphatic heterocycles. The molecule has 1 fully saturated rings. The summed E-state index contributed by atoms with van der Waals surface area (Å²) in [5.41, 5.74) is 5.99. The minimum atomic E-state index is -3.29. The van der Waals surface area contributed by atoms with E-state index < -0.39 is 9.84 Å². The van der Waals surface area contributed by atoms with E-state index in [1.165, 1.54) is 12.6 Å². The Bertz CT molecular complexity index is 874. The van der Waals surface area contributed by atoms with Crippen LogP contribution >= 0.6 is 0 Å². The summed E-state index contributed by atoms with van der Waals surface area (Å²) in [6, 6.07) is 4.90. The van der Waals surface area contributed by atoms with Crippen molar-refractivity contribution in [2.45, 2.75) is 24.2 Å². The van der Waals surface area contributed by atoms with E-state index in [2.05, 4.69) is 14.9 Å². The summed E-state index contributed by atoms with van der Waals surface area (Å²) >= 11 is 0. The van der Waals surface area contributed by atoms with Crippen LogP contribution in [-0.2, 0) is 14.6 Å². The third kappa shape index (κ3) is 3.48. The monoisotopic (exact) mass is 348 g/mol. The predicted octanol–water partition coefficient (Wildman–Crippen LogP) is 1.13. The number of aromatic nitrogens is 2. The van der Waals surface area contributed by atoms with Crippen LogP contribution in [0, 0.1) is 5.92 Å². The SMILES string of the molecule is CS(=O)(=O)c1ccc2ncnc(N3CCC(CC(N)=O)CC3)c2c1. The summed E-state index contributed by atoms with van der Waals surface area (Å²) in [5, 5.41) is 0.730. The molecule has 1 aromatic heterocycles. The van der Waals surface area contributed by atoms with Gasteiger partial charge >= 0.3 is 0 Å². The Labute approximate surface area is 140 Å². The van der Waals surface area contributed by atoms with Gasteiger partial charge in [0.05, 0.1) is 10.4 Å². The van der Waals surface area contributed by atoms with E-state index >= 15 is 0 Å². The minimum absolute atomic E-state index is 0.259. The molecule has 0 aliphatic carbocycles. The number of rotatable bonds is 4. The fourth-order valence-electron chi connectivity index (χ4n) is 3.14. The van der Waals surface area contributed by atoms with E-state index in [1.807, 2.05) is 0 Å². The quantitative estimate of drug-likeness (QED) is 0.887. The fraction of sp³-hybridized carbons (Fsp3) is 0.438. The first-order chi connectivity index (χ1) is 11.3. The molecule has 1 aliphatic rings. The van der Waals surface area contributed by atoms with Crippen molar-refractivity contribution < 1.29 is 13.2 Å². The maximum Gasteiger partial charge on any atom is 0.217 e. The highest BCUT2D eigenvalue weighted by atomic mass is 32.2. The van der Waals surface area contributed by atoms with E-state index in [-0.39, 0.29) is 10.8 Å². The molecule has 1 saturated heterocycles. The van der Waals surface area contributed by atoms with E-state index in [4.69, 9.17) is 5.73 Å². The van der Waals surface area contributed by atoms with Crippen LogP contribution < -0.4 is 10.6 Å². The van der Waals surface area contributed by atoms with Gasteiger partial charge in [0.2, 0.25) is 5.91 Å². The molecule has 8 heteroatoms. The Balaban J connectivity index is 1.91. The third-order valence-corrected chi connectivity index (χ3v) is 5.53. The Kier molecular flexibility index (Phi) is 4.40. The average molecular weight is 348 g/mol. The number of sulfone groups is 1. The second kappa shape index (κ2) is 6.35. The molecule has 0 radical (unpaired) electrons. The van der Waals surface area contributed by atoms with Gasteiger partial charge in [-0.15, -0.1) is 0 Å². The van der Waals surface area contributed by atoms with Gasteiger partial charge in [-0.1, -0.05) is 0 Å². The van der Waals surface area contributed by atoms with Crippen molar-refractivity contribution in [3.63, 3.8) is 0 Å². The largest absolute Gasteiger partial charge is 0.370 e. The van der Waals surface area contributed by atoms with Crippen LogP contribution in [-0.4, -0.2) is 43.6 Å². The number of nitrogens with zero attached hydrogens (tertiary/aromatic N) is 3. The van der Waals surface area contributed by atoms with E-state index in [0.717, 1.165) is 37.1 Å². The zero-order chi connectivity index (χ0) is 17.3. The Hall–Kier alpha value is -2.22. The molecule has 1 aromatic carbocycles. The van der Waals surface area contributed by atoms with Gasteiger partial charge in [0.15, 0.2) is 9.84 Å². The number of hydrogen-bond donors (Lipinski definition) is 1. The van der Waals surface area contributed by atoms with Crippen LogP contribution in [0.2, 0.25) is 0 Å². The molecule has 0 atom stereocenters. The zero-order valence-corrected chi connectivity index (χ0v) is 14.3. The average Bonchev–Trinajstić information content (AvgIpc) is 2.53. The smallest absolute Gasteiger partial charge is 0.217 e. The van der Waals surface area contributed by atoms with E-state index in [0.29, 0.717) is 17.9 Å². The van der Waals surface area contributed by atoms with E-state index in [9.17, 15) is 13.2 Å². The van der Waals surface area contributed by atoms with Crippen LogP contribution in [0.1, 0.15) is 19.3 Å². The van der Waals surface area contributed by atoms with Crippen LogP contribution in [0.5, 0.6) is 0 Å². The molecule has 2 heterocycles. The van der Waals surface area contributed by atoms with Crippen LogP contribution in [0.25, 0.3) is 10.9 Å². The lowest BCUT2D eigenvalue weighted by molar-refractivity contribution is -0.119. The second-order valence-corrected chi connectivity index (χ2v) is 8.26. The van der Waals surface area contributed by atoms with Gasteiger partial charge in [-0.2, -0.15) is 0 Å². The molecule has 7 nitrogen and oxygen atoms in total. The molecule has 2 N–H and O–H groups in total. The summed E-state index contributed by atoms with van der Waals surface area (Å²) < 4.78 is 23.6. The van der Waals surface area contributed by atoms with Gasteiger partial charge in [0.25, 0.3) is 0 Å². The summed E-state index contributed by atoms with van der Waals surface area (Å²) in [6.45, 7) is 1.51. The highest BCUT2D eigenvalue weighted by Gasteiger charge is 2.23. The third-order valence-electron chi connectivity index (χ3n) is 4.42. The molecule has 0 bridgehead atoms. The highest BCUT2D eigenvalue weighted by molar-refractivity contribution is 7.90. The van der Waals surface area contributed by atoms with Gasteiger partial charge in [-0.3, -0.25) is 4.79 Å². The van der Waals surface area contributed by atoms with Crippen LogP contribution in [0.4, 0.5) is 5.82 Å². The number of fused-ring (bicyclic) bond motifs is 1. The lowest BCUT2D eigenvalue weighted by Crippen LogP contribution is -2.35. The number of carbonyl (C=O) groups is 1. The van der Waals surface area contributed by atoms with Crippen LogP contribution in [0.3, 0.4) is 0 Å². The van der Waals surface area contributed by atoms with Crippen molar-refractivity contribution in [3.8, 4) is 0 Å². The van der Waals surface area contributed by atoms with Gasteiger partial charge < -0.3 is 10.6 Å². The number of amides is 1. The molecule has 3 rings (SSSR count). The number of benzene rings is 1. The normalized spacial score (nSPS) is 16.5. The zero-order valence-electron chi connectivity index (χ0n) is 13.5. The number of carbonyl (C=O) groups excluding carboxylic acids is 1. The Morgan fingerprint density at radius 1 is 1.29 bits per heavy atom. The second-order valence-electron chi connectivity index (χ2n) is 6.25. The number of nitrogens with two attached hydrogens (primary N) is 1. The fourth-order valence-corrected chi connectivity index (χ4v) is 3.79. The Morgan fingerprint density at radius 3 is 2.62 bits per heavy atom. The lowest BCUT2D eigenvalue weighted by Gasteiger charge is -2.32. The predicted molar refractivity (Wildman–Crippen MR) is 91.4 cm³/mol. The first-order valence-corrected chi connectivity index (χ1v) is 9.72. The van der Waals surface area contributed by atoms with Crippen molar-refractivity contribution in [2.75, 3.05) is 24.2 Å². The molecular weight excluding hydrogens is 328 g/mol. The molecular formula is C16H20N4O3S. The van der Waals surface area contributed by atoms with Crippen molar-refractivity contribution in [2.24, 2.45) is 11.7 Å². The van der Waals surface area contributed by atoms with Crippen molar-refractivity contribution in [1.82, 2.24) is 9.97 Å². The molecule has 1 amide bonds. The number of hydrogen-bond acceptors (Lipinski definition) is 6. The number of anilines is 1. The van der Waals surface area contributed by atoms with Gasteiger partial charge in [0.1, 0.15) is 12.1 Å². The van der Waals surface area contributed by atoms with Crippen LogP contribution in [0.15, 0.2) is 29.4 Å². The summed E-state index contributed by atoms with van der Waals surface area (Å²) in [5.74, 6) is 0.778. The maximum atomic E-state index is 11.8. The molecule has 24 heavy (non-hydrogen) atoms. The molecule has 0 saturated carbocycles. The van der Waals surface area contributed by atoms with Crippen molar-refractivity contribution in [3.05, 3.63) is 24.5 Å². The first-order valence-electron chi connectivity index (χ1n) is 7.82. The molecule has 2 aromatic rings. The first kappa shape index (κ1) is 16.6. The van der Waals surface area contributed by atoms with Gasteiger partial charge in [-0.05, 0) is 37.0 Å². The number of primary amides is 1. The molecule has 0 unspecified atom stereocenters. The molecule has 0 spiro atoms. The Morgan fingerprint density at radius 2 is 2.00 bits per heavy atom. The topological polar surface area (TPSA) is 106 Å². The van der Waals surface area contributed by atoms with Gasteiger partial charge in [0, 0.05) is 31.2 Å². The van der Waals surface area contributed by atoms with Crippen molar-refractivity contribution >= 4 is 32.5 Å². The van der Waals surface area contributed by atoms with Gasteiger partial charge in [-0.25, -0.2) is 18.4 Å². The standard InChI is InChI=1S/C16H20N4O3S/c1-24(22,23)12-2-3-14-13(9-12)16(19-10-18-14)20-6-4-11(5-7-20)8-15(17)21/h2-3,9-11H,4-8H2,1H3,(H2,17,21).